The van der Waals surface area contributed by atoms with Crippen molar-refractivity contribution in [1.29, 1.82) is 0 Å². The second kappa shape index (κ2) is 5.64. The van der Waals surface area contributed by atoms with E-state index >= 15 is 0 Å². The van der Waals surface area contributed by atoms with Crippen LogP contribution in [0, 0.1) is 0 Å². The molecule has 1 aliphatic rings. The summed E-state index contributed by atoms with van der Waals surface area (Å²) in [4.78, 5) is 16.3. The number of fused-ring (bicyclic) bond motifs is 1. The van der Waals surface area contributed by atoms with Gasteiger partial charge in [0, 0.05) is 11.8 Å². The molecule has 0 saturated carbocycles. The average Bonchev–Trinajstić information content (AvgIpc) is 2.83. The lowest BCUT2D eigenvalue weighted by Gasteiger charge is -2.12. The molecule has 0 saturated heterocycles. The maximum atomic E-state index is 12.1. The largest absolute Gasteiger partial charge is 0.496 e. The number of rotatable bonds is 3. The number of anilines is 1. The highest BCUT2D eigenvalue weighted by atomic mass is 16.5. The fourth-order valence-electron chi connectivity index (χ4n) is 2.62. The number of ether oxygens (including phenoxy) is 1. The Labute approximate surface area is 129 Å². The first-order chi connectivity index (χ1) is 10.6. The lowest BCUT2D eigenvalue weighted by atomic mass is 9.98. The summed E-state index contributed by atoms with van der Waals surface area (Å²) in [6.45, 7) is 4.24. The number of methoxy groups -OCH3 is 1. The normalized spacial score (nSPS) is 15.1. The third-order valence-corrected chi connectivity index (χ3v) is 3.76. The first-order valence-corrected chi connectivity index (χ1v) is 7.26. The topological polar surface area (TPSA) is 51.2 Å². The van der Waals surface area contributed by atoms with Crippen molar-refractivity contribution in [3.8, 4) is 5.75 Å². The fourth-order valence-corrected chi connectivity index (χ4v) is 2.62. The van der Waals surface area contributed by atoms with Crippen LogP contribution >= 0.6 is 0 Å². The van der Waals surface area contributed by atoms with Crippen molar-refractivity contribution < 1.29 is 9.53 Å². The quantitative estimate of drug-likeness (QED) is 0.878. The van der Waals surface area contributed by atoms with E-state index in [9.17, 15) is 4.79 Å². The SMILES string of the molecule is COc1ccc(/C=C2/C(=O)Nc3ncccc32)cc1C(C)C. The Morgan fingerprint density at radius 3 is 2.82 bits per heavy atom. The summed E-state index contributed by atoms with van der Waals surface area (Å²) in [6, 6.07) is 9.70. The molecule has 1 aromatic heterocycles. The van der Waals surface area contributed by atoms with Gasteiger partial charge < -0.3 is 10.1 Å². The Morgan fingerprint density at radius 2 is 2.09 bits per heavy atom. The molecule has 0 atom stereocenters. The number of aromatic nitrogens is 1. The highest BCUT2D eigenvalue weighted by Gasteiger charge is 2.24. The van der Waals surface area contributed by atoms with Crippen molar-refractivity contribution in [2.75, 3.05) is 12.4 Å². The molecular weight excluding hydrogens is 276 g/mol. The summed E-state index contributed by atoms with van der Waals surface area (Å²) in [7, 11) is 1.67. The molecule has 1 aliphatic heterocycles. The first kappa shape index (κ1) is 14.3. The maximum Gasteiger partial charge on any atom is 0.257 e. The molecular formula is C18H18N2O2. The van der Waals surface area contributed by atoms with Gasteiger partial charge in [0.25, 0.3) is 5.91 Å². The van der Waals surface area contributed by atoms with E-state index in [1.165, 1.54) is 0 Å². The molecule has 2 aromatic rings. The smallest absolute Gasteiger partial charge is 0.257 e. The molecule has 1 aromatic carbocycles. The molecule has 4 heteroatoms. The average molecular weight is 294 g/mol. The summed E-state index contributed by atoms with van der Waals surface area (Å²) in [5.74, 6) is 1.72. The zero-order valence-electron chi connectivity index (χ0n) is 12.9. The molecule has 0 radical (unpaired) electrons. The van der Waals surface area contributed by atoms with Gasteiger partial charge in [0.05, 0.1) is 12.7 Å². The Balaban J connectivity index is 2.06. The van der Waals surface area contributed by atoms with Gasteiger partial charge in [0.1, 0.15) is 11.6 Å². The van der Waals surface area contributed by atoms with Gasteiger partial charge >= 0.3 is 0 Å². The monoisotopic (exact) mass is 294 g/mol. The van der Waals surface area contributed by atoms with Crippen LogP contribution in [0.2, 0.25) is 0 Å². The zero-order chi connectivity index (χ0) is 15.7. The Bertz CT molecular complexity index is 763. The van der Waals surface area contributed by atoms with Crippen molar-refractivity contribution in [3.05, 3.63) is 53.2 Å². The third kappa shape index (κ3) is 2.48. The van der Waals surface area contributed by atoms with Crippen LogP contribution in [-0.4, -0.2) is 18.0 Å². The minimum Gasteiger partial charge on any atom is -0.496 e. The number of benzene rings is 1. The third-order valence-electron chi connectivity index (χ3n) is 3.76. The van der Waals surface area contributed by atoms with Crippen LogP contribution < -0.4 is 10.1 Å². The van der Waals surface area contributed by atoms with E-state index in [0.717, 1.165) is 22.4 Å². The number of hydrogen-bond donors (Lipinski definition) is 1. The van der Waals surface area contributed by atoms with Crippen LogP contribution in [0.1, 0.15) is 36.5 Å². The number of amides is 1. The van der Waals surface area contributed by atoms with E-state index in [4.69, 9.17) is 4.74 Å². The van der Waals surface area contributed by atoms with E-state index in [2.05, 4.69) is 30.2 Å². The molecule has 0 fully saturated rings. The van der Waals surface area contributed by atoms with Crippen LogP contribution in [0.5, 0.6) is 5.75 Å². The highest BCUT2D eigenvalue weighted by molar-refractivity contribution is 6.34. The molecule has 22 heavy (non-hydrogen) atoms. The Hall–Kier alpha value is -2.62. The summed E-state index contributed by atoms with van der Waals surface area (Å²) in [5.41, 5.74) is 3.59. The van der Waals surface area contributed by atoms with Crippen molar-refractivity contribution in [2.24, 2.45) is 0 Å². The minimum absolute atomic E-state index is 0.115. The van der Waals surface area contributed by atoms with Gasteiger partial charge in [-0.2, -0.15) is 0 Å². The molecule has 2 heterocycles. The molecule has 0 unspecified atom stereocenters. The molecule has 1 N–H and O–H groups in total. The number of nitrogens with one attached hydrogen (secondary N) is 1. The predicted molar refractivity (Wildman–Crippen MR) is 87.8 cm³/mol. The summed E-state index contributed by atoms with van der Waals surface area (Å²) in [6.07, 6.45) is 3.57. The Kier molecular flexibility index (Phi) is 3.67. The number of pyridine rings is 1. The standard InChI is InChI=1S/C18H18N2O2/c1-11(2)14-9-12(6-7-16(14)22-3)10-15-13-5-4-8-19-17(13)20-18(15)21/h4-11H,1-3H3,(H,19,20,21)/b15-10+. The van der Waals surface area contributed by atoms with E-state index < -0.39 is 0 Å². The molecule has 0 spiro atoms. The van der Waals surface area contributed by atoms with Crippen molar-refractivity contribution in [2.45, 2.75) is 19.8 Å². The van der Waals surface area contributed by atoms with Crippen LogP contribution in [-0.2, 0) is 4.79 Å². The second-order valence-corrected chi connectivity index (χ2v) is 5.57. The molecule has 112 valence electrons. The molecule has 1 amide bonds. The van der Waals surface area contributed by atoms with Crippen LogP contribution in [0.4, 0.5) is 5.82 Å². The summed E-state index contributed by atoms with van der Waals surface area (Å²) in [5, 5.41) is 2.78. The van der Waals surface area contributed by atoms with E-state index in [1.54, 1.807) is 13.3 Å². The van der Waals surface area contributed by atoms with Crippen molar-refractivity contribution >= 4 is 23.4 Å². The number of hydrogen-bond acceptors (Lipinski definition) is 3. The first-order valence-electron chi connectivity index (χ1n) is 7.26. The number of nitrogens with zero attached hydrogens (tertiary/aromatic N) is 1. The van der Waals surface area contributed by atoms with Crippen LogP contribution in [0.25, 0.3) is 11.6 Å². The van der Waals surface area contributed by atoms with Crippen molar-refractivity contribution in [3.63, 3.8) is 0 Å². The van der Waals surface area contributed by atoms with Crippen LogP contribution in [0.3, 0.4) is 0 Å². The van der Waals surface area contributed by atoms with Crippen LogP contribution in [0.15, 0.2) is 36.5 Å². The van der Waals surface area contributed by atoms with Gasteiger partial charge in [-0.05, 0) is 47.4 Å². The molecule has 4 nitrogen and oxygen atoms in total. The lowest BCUT2D eigenvalue weighted by molar-refractivity contribution is -0.110. The van der Waals surface area contributed by atoms with Gasteiger partial charge in [-0.1, -0.05) is 19.9 Å². The number of carbonyl (C=O) groups excluding carboxylic acids is 1. The van der Waals surface area contributed by atoms with Gasteiger partial charge in [-0.3, -0.25) is 4.79 Å². The summed E-state index contributed by atoms with van der Waals surface area (Å²) >= 11 is 0. The summed E-state index contributed by atoms with van der Waals surface area (Å²) < 4.78 is 5.40. The highest BCUT2D eigenvalue weighted by Crippen LogP contribution is 2.33. The minimum atomic E-state index is -0.115. The lowest BCUT2D eigenvalue weighted by Crippen LogP contribution is -2.04. The van der Waals surface area contributed by atoms with E-state index in [0.29, 0.717) is 17.3 Å². The second-order valence-electron chi connectivity index (χ2n) is 5.57. The Morgan fingerprint density at radius 1 is 1.27 bits per heavy atom. The van der Waals surface area contributed by atoms with E-state index in [1.807, 2.05) is 30.3 Å². The van der Waals surface area contributed by atoms with Gasteiger partial charge in [0.15, 0.2) is 0 Å². The maximum absolute atomic E-state index is 12.1. The molecule has 3 rings (SSSR count). The van der Waals surface area contributed by atoms with Gasteiger partial charge in [-0.25, -0.2) is 4.98 Å². The zero-order valence-corrected chi connectivity index (χ0v) is 12.9. The number of carbonyl (C=O) groups is 1. The van der Waals surface area contributed by atoms with Gasteiger partial charge in [-0.15, -0.1) is 0 Å². The van der Waals surface area contributed by atoms with E-state index in [-0.39, 0.29) is 5.91 Å². The predicted octanol–water partition coefficient (Wildman–Crippen LogP) is 3.71. The van der Waals surface area contributed by atoms with Gasteiger partial charge in [0.2, 0.25) is 0 Å². The van der Waals surface area contributed by atoms with Crippen molar-refractivity contribution in [1.82, 2.24) is 4.98 Å². The molecule has 0 bridgehead atoms. The molecule has 0 aliphatic carbocycles. The fraction of sp³-hybridized carbons (Fsp3) is 0.222.